The van der Waals surface area contributed by atoms with Gasteiger partial charge in [0.1, 0.15) is 5.66 Å². The van der Waals surface area contributed by atoms with E-state index in [9.17, 15) is 0 Å². The highest BCUT2D eigenvalue weighted by Gasteiger charge is 2.52. The second kappa shape index (κ2) is 7.30. The molecule has 3 heterocycles. The van der Waals surface area contributed by atoms with Gasteiger partial charge < -0.3 is 14.7 Å². The Labute approximate surface area is 232 Å². The molecular formula is C33H26BN3. The molecule has 0 N–H and O–H groups in total. The van der Waals surface area contributed by atoms with Crippen LogP contribution in [0.3, 0.4) is 0 Å². The molecule has 3 aliphatic heterocycles. The van der Waals surface area contributed by atoms with Gasteiger partial charge in [-0.05, 0) is 78.7 Å². The average molecular weight is 485 g/mol. The third kappa shape index (κ3) is 2.62. The molecule has 0 bridgehead atoms. The fourth-order valence-corrected chi connectivity index (χ4v) is 6.41. The zero-order valence-corrected chi connectivity index (χ0v) is 20.2. The summed E-state index contributed by atoms with van der Waals surface area (Å²) in [6.07, 6.45) is 0. The molecule has 0 aliphatic carbocycles. The van der Waals surface area contributed by atoms with Gasteiger partial charge in [0.15, 0.2) is 0 Å². The molecule has 0 aromatic heterocycles. The zero-order valence-electron chi connectivity index (χ0n) is 30.2. The van der Waals surface area contributed by atoms with Gasteiger partial charge in [-0.15, -0.1) is 0 Å². The van der Waals surface area contributed by atoms with Crippen LogP contribution in [0.1, 0.15) is 27.6 Å². The molecule has 0 amide bonds. The Morgan fingerprint density at radius 2 is 1.19 bits per heavy atom. The van der Waals surface area contributed by atoms with E-state index in [0.717, 1.165) is 27.8 Å². The number of benzene rings is 5. The SMILES string of the molecule is [2H]c1c([2H])c([2H])c(N2c3ccccc3B3c4cccc5c4N(c4cccc2c43)C(C)(C)N5c2c([2H])c([2H])c([2H])c([2H])c2[2H])c([2H])c1[2H]. The number of fused-ring (bicyclic) bond motifs is 4. The van der Waals surface area contributed by atoms with E-state index >= 15 is 0 Å². The molecule has 3 nitrogen and oxygen atoms in total. The van der Waals surface area contributed by atoms with Crippen molar-refractivity contribution in [1.82, 2.24) is 0 Å². The fourth-order valence-electron chi connectivity index (χ4n) is 6.41. The number of nitrogens with zero attached hydrogens (tertiary/aromatic N) is 3. The first-order valence-electron chi connectivity index (χ1n) is 17.2. The zero-order chi connectivity index (χ0) is 33.4. The van der Waals surface area contributed by atoms with Crippen molar-refractivity contribution in [2.24, 2.45) is 0 Å². The highest BCUT2D eigenvalue weighted by molar-refractivity contribution is 7.00. The molecule has 0 atom stereocenters. The van der Waals surface area contributed by atoms with Gasteiger partial charge in [0.05, 0.1) is 25.1 Å². The van der Waals surface area contributed by atoms with Crippen LogP contribution < -0.4 is 31.1 Å². The minimum absolute atomic E-state index is 0.0521. The second-order valence-electron chi connectivity index (χ2n) is 9.86. The highest BCUT2D eigenvalue weighted by Crippen LogP contribution is 2.54. The van der Waals surface area contributed by atoms with E-state index in [-0.39, 0.29) is 42.3 Å². The van der Waals surface area contributed by atoms with Crippen molar-refractivity contribution in [2.45, 2.75) is 19.5 Å². The van der Waals surface area contributed by atoms with Crippen LogP contribution >= 0.6 is 0 Å². The summed E-state index contributed by atoms with van der Waals surface area (Å²) in [6, 6.07) is 15.5. The van der Waals surface area contributed by atoms with E-state index in [4.69, 9.17) is 13.7 Å². The van der Waals surface area contributed by atoms with Gasteiger partial charge in [-0.3, -0.25) is 0 Å². The quantitative estimate of drug-likeness (QED) is 0.266. The summed E-state index contributed by atoms with van der Waals surface area (Å²) >= 11 is 0. The third-order valence-electron chi connectivity index (χ3n) is 7.66. The van der Waals surface area contributed by atoms with E-state index in [1.165, 1.54) is 0 Å². The van der Waals surface area contributed by atoms with E-state index < -0.39 is 41.9 Å². The lowest BCUT2D eigenvalue weighted by Gasteiger charge is -2.47. The smallest absolute Gasteiger partial charge is 0.252 e. The molecule has 4 heteroatoms. The van der Waals surface area contributed by atoms with Crippen molar-refractivity contribution in [3.05, 3.63) is 121 Å². The van der Waals surface area contributed by atoms with Gasteiger partial charge in [-0.25, -0.2) is 0 Å². The molecule has 0 spiro atoms. The lowest BCUT2D eigenvalue weighted by atomic mass is 9.33. The molecule has 37 heavy (non-hydrogen) atoms. The van der Waals surface area contributed by atoms with Gasteiger partial charge in [0.2, 0.25) is 0 Å². The van der Waals surface area contributed by atoms with Crippen LogP contribution in [-0.2, 0) is 0 Å². The Morgan fingerprint density at radius 3 is 1.97 bits per heavy atom. The van der Waals surface area contributed by atoms with Gasteiger partial charge in [0, 0.05) is 28.4 Å². The van der Waals surface area contributed by atoms with Crippen LogP contribution in [0, 0.1) is 0 Å². The Morgan fingerprint density at radius 1 is 0.595 bits per heavy atom. The Hall–Kier alpha value is -4.44. The Balaban J connectivity index is 1.46. The molecule has 5 aromatic carbocycles. The van der Waals surface area contributed by atoms with Gasteiger partial charge in [0.25, 0.3) is 6.71 Å². The molecule has 0 unspecified atom stereocenters. The fraction of sp³-hybridized carbons (Fsp3) is 0.0909. The van der Waals surface area contributed by atoms with Crippen molar-refractivity contribution in [3.63, 3.8) is 0 Å². The normalized spacial score (nSPS) is 19.6. The predicted molar refractivity (Wildman–Crippen MR) is 157 cm³/mol. The predicted octanol–water partition coefficient (Wildman–Crippen LogP) is 6.33. The molecule has 0 saturated heterocycles. The first kappa shape index (κ1) is 13.2. The maximum absolute atomic E-state index is 8.88. The summed E-state index contributed by atoms with van der Waals surface area (Å²) in [4.78, 5) is 5.71. The van der Waals surface area contributed by atoms with Crippen LogP contribution in [0.4, 0.5) is 39.8 Å². The van der Waals surface area contributed by atoms with Gasteiger partial charge in [-0.1, -0.05) is 72.7 Å². The topological polar surface area (TPSA) is 9.72 Å². The summed E-state index contributed by atoms with van der Waals surface area (Å²) in [5.41, 5.74) is 5.57. The van der Waals surface area contributed by atoms with E-state index in [1.54, 1.807) is 4.90 Å². The van der Waals surface area contributed by atoms with Crippen LogP contribution in [0.2, 0.25) is 0 Å². The molecular weight excluding hydrogens is 449 g/mol. The van der Waals surface area contributed by atoms with Crippen LogP contribution in [0.25, 0.3) is 0 Å². The lowest BCUT2D eigenvalue weighted by molar-refractivity contribution is 0.541. The van der Waals surface area contributed by atoms with Gasteiger partial charge in [-0.2, -0.15) is 0 Å². The molecule has 0 fully saturated rings. The molecule has 0 saturated carbocycles. The van der Waals surface area contributed by atoms with Crippen molar-refractivity contribution >= 4 is 62.9 Å². The molecule has 176 valence electrons. The van der Waals surface area contributed by atoms with E-state index in [2.05, 4.69) is 4.90 Å². The summed E-state index contributed by atoms with van der Waals surface area (Å²) in [5.74, 6) is 0. The Bertz CT molecular complexity index is 2180. The highest BCUT2D eigenvalue weighted by atomic mass is 15.5. The summed E-state index contributed by atoms with van der Waals surface area (Å²) in [6.45, 7) is 3.59. The first-order valence-corrected chi connectivity index (χ1v) is 12.2. The summed E-state index contributed by atoms with van der Waals surface area (Å²) in [5, 5.41) is 0. The van der Waals surface area contributed by atoms with Crippen molar-refractivity contribution in [3.8, 4) is 0 Å². The van der Waals surface area contributed by atoms with E-state index in [0.29, 0.717) is 17.1 Å². The third-order valence-corrected chi connectivity index (χ3v) is 7.66. The Kier molecular flexibility index (Phi) is 2.61. The maximum Gasteiger partial charge on any atom is 0.252 e. The van der Waals surface area contributed by atoms with Gasteiger partial charge >= 0.3 is 0 Å². The van der Waals surface area contributed by atoms with Crippen LogP contribution in [-0.4, -0.2) is 12.4 Å². The first-order chi connectivity index (χ1) is 22.3. The van der Waals surface area contributed by atoms with Crippen LogP contribution in [0.5, 0.6) is 0 Å². The molecule has 3 aliphatic rings. The molecule has 8 rings (SSSR count). The summed E-state index contributed by atoms with van der Waals surface area (Å²) in [7, 11) is 0. The number of hydrogen-bond acceptors (Lipinski definition) is 3. The molecule has 0 radical (unpaired) electrons. The number of hydrogen-bond donors (Lipinski definition) is 0. The summed E-state index contributed by atoms with van der Waals surface area (Å²) < 4.78 is 85.6. The average Bonchev–Trinajstić information content (AvgIpc) is 3.30. The number of rotatable bonds is 2. The largest absolute Gasteiger partial charge is 0.317 e. The van der Waals surface area contributed by atoms with Crippen molar-refractivity contribution in [1.29, 1.82) is 0 Å². The van der Waals surface area contributed by atoms with Crippen LogP contribution in [0.15, 0.2) is 121 Å². The molecule has 5 aromatic rings. The number of para-hydroxylation sites is 4. The van der Waals surface area contributed by atoms with Crippen molar-refractivity contribution < 1.29 is 13.7 Å². The van der Waals surface area contributed by atoms with Crippen molar-refractivity contribution in [2.75, 3.05) is 14.7 Å². The maximum atomic E-state index is 8.88. The minimum atomic E-state index is -0.967. The monoisotopic (exact) mass is 485 g/mol. The number of anilines is 7. The van der Waals surface area contributed by atoms with E-state index in [1.807, 2.05) is 79.4 Å². The minimum Gasteiger partial charge on any atom is -0.317 e. The lowest BCUT2D eigenvalue weighted by Crippen LogP contribution is -2.63. The second-order valence-corrected chi connectivity index (χ2v) is 9.86. The standard InChI is InChI=1S/C33H26BN3/c1-33(2)36(24-15-7-4-8-16-24)30-22-11-18-26-32(30)37(33)29-21-12-20-28-31(29)34(26)25-17-9-10-19-27(25)35(28)23-13-5-3-6-14-23/h3-22H,1-2H3/i3D,4D,5D,6D,7D,8D,13D,14D,15D,16D.